The molecule has 0 saturated heterocycles. The van der Waals surface area contributed by atoms with E-state index in [0.717, 1.165) is 11.4 Å². The quantitative estimate of drug-likeness (QED) is 0.0730. The van der Waals surface area contributed by atoms with E-state index < -0.39 is 0 Å². The maximum Gasteiger partial charge on any atom is 0.0511 e. The first kappa shape index (κ1) is 44.4. The van der Waals surface area contributed by atoms with Crippen LogP contribution in [0, 0.1) is 0 Å². The lowest BCUT2D eigenvalue weighted by molar-refractivity contribution is 1.51. The topological polar surface area (TPSA) is 48.1 Å². The van der Waals surface area contributed by atoms with E-state index in [1.807, 2.05) is 14.1 Å². The summed E-state index contributed by atoms with van der Waals surface area (Å²) < 4.78 is 0. The molecule has 0 aromatic heterocycles. The molecule has 18 aromatic rings. The Morgan fingerprint density at radius 3 is 0.939 bits per heavy atom. The summed E-state index contributed by atoms with van der Waals surface area (Å²) in [6, 6.07) is 78.8. The number of hydrogen-bond acceptors (Lipinski definition) is 4. The molecule has 0 bridgehead atoms. The number of fused-ring (bicyclic) bond motifs is 14. The molecular formula is C78H50N4. The minimum atomic E-state index is 1.10. The number of nitrogens with one attached hydrogen (secondary N) is 4. The molecule has 0 fully saturated rings. The zero-order valence-electron chi connectivity index (χ0n) is 45.6. The molecule has 18 aromatic carbocycles. The molecule has 1 aliphatic rings. The standard InChI is InChI=1S/C78H50N4/c1-79-42-21-17-40(18-22-42)62-46-13-8-9-14-47(46)63(41-19-23-43(80-2)24-20-41)72-57-34-28-53-55-32-38-61-70-60(37-31-54(67(55)70)52-27-33-56(71(62)72)68(57)66(52)53)75-76(61)78(82-4)74-59-36-30-51-49-26-25-44(39-11-6-5-7-12-39)45-15-10-16-48(64(45)49)50-29-35-58(69(59)65(50)51)73(74)77(75)81-3/h5-38,79-82H,1-4H3. The smallest absolute Gasteiger partial charge is 0.0511 e. The van der Waals surface area contributed by atoms with Crippen LogP contribution in [0.25, 0.3) is 196 Å². The van der Waals surface area contributed by atoms with Crippen LogP contribution in [-0.4, -0.2) is 28.2 Å². The van der Waals surface area contributed by atoms with Gasteiger partial charge in [0.05, 0.1) is 11.4 Å². The summed E-state index contributed by atoms with van der Waals surface area (Å²) in [7, 11) is 8.24. The van der Waals surface area contributed by atoms with Crippen LogP contribution in [0.1, 0.15) is 0 Å². The van der Waals surface area contributed by atoms with E-state index in [1.165, 1.54) is 207 Å². The van der Waals surface area contributed by atoms with Gasteiger partial charge in [-0.25, -0.2) is 0 Å². The average molecular weight is 1040 g/mol. The van der Waals surface area contributed by atoms with Gasteiger partial charge in [0.2, 0.25) is 0 Å². The minimum Gasteiger partial charge on any atom is -0.388 e. The van der Waals surface area contributed by atoms with Gasteiger partial charge in [0.25, 0.3) is 0 Å². The molecule has 0 radical (unpaired) electrons. The van der Waals surface area contributed by atoms with Crippen LogP contribution in [0.15, 0.2) is 206 Å². The Morgan fingerprint density at radius 2 is 0.512 bits per heavy atom. The van der Waals surface area contributed by atoms with Crippen molar-refractivity contribution in [3.05, 3.63) is 206 Å². The third kappa shape index (κ3) is 5.25. The zero-order valence-corrected chi connectivity index (χ0v) is 45.6. The van der Waals surface area contributed by atoms with Crippen LogP contribution in [0.4, 0.5) is 22.7 Å². The van der Waals surface area contributed by atoms with Gasteiger partial charge in [-0.3, -0.25) is 0 Å². The van der Waals surface area contributed by atoms with Crippen molar-refractivity contribution >= 4 is 163 Å². The Hall–Kier alpha value is -10.4. The van der Waals surface area contributed by atoms with E-state index in [4.69, 9.17) is 0 Å². The lowest BCUT2D eigenvalue weighted by atomic mass is 9.82. The predicted octanol–water partition coefficient (Wildman–Crippen LogP) is 21.2. The highest BCUT2D eigenvalue weighted by atomic mass is 14.9. The molecule has 4 nitrogen and oxygen atoms in total. The van der Waals surface area contributed by atoms with Crippen molar-refractivity contribution in [2.24, 2.45) is 0 Å². The van der Waals surface area contributed by atoms with Gasteiger partial charge in [0.1, 0.15) is 0 Å². The second-order valence-corrected chi connectivity index (χ2v) is 22.9. The third-order valence-electron chi connectivity index (χ3n) is 19.5. The van der Waals surface area contributed by atoms with Gasteiger partial charge in [0, 0.05) is 61.1 Å². The van der Waals surface area contributed by atoms with Crippen molar-refractivity contribution in [1.82, 2.24) is 0 Å². The lowest BCUT2D eigenvalue weighted by Crippen LogP contribution is -1.95. The Balaban J connectivity index is 0.889. The van der Waals surface area contributed by atoms with Gasteiger partial charge in [0.15, 0.2) is 0 Å². The summed E-state index contributed by atoms with van der Waals surface area (Å²) in [4.78, 5) is 0. The Kier molecular flexibility index (Phi) is 8.50. The predicted molar refractivity (Wildman–Crippen MR) is 358 cm³/mol. The fourth-order valence-corrected chi connectivity index (χ4v) is 16.3. The maximum atomic E-state index is 3.88. The summed E-state index contributed by atoms with van der Waals surface area (Å²) in [5.74, 6) is 0. The van der Waals surface area contributed by atoms with E-state index in [1.54, 1.807) is 0 Å². The second-order valence-electron chi connectivity index (χ2n) is 22.9. The largest absolute Gasteiger partial charge is 0.388 e. The van der Waals surface area contributed by atoms with Crippen molar-refractivity contribution in [3.8, 4) is 55.6 Å². The summed E-state index contributed by atoms with van der Waals surface area (Å²) in [6.45, 7) is 0. The molecule has 82 heavy (non-hydrogen) atoms. The fraction of sp³-hybridized carbons (Fsp3) is 0.0513. The van der Waals surface area contributed by atoms with E-state index in [0.29, 0.717) is 0 Å². The van der Waals surface area contributed by atoms with Crippen LogP contribution in [0.3, 0.4) is 0 Å². The highest BCUT2D eigenvalue weighted by Crippen LogP contribution is 2.62. The molecule has 0 unspecified atom stereocenters. The van der Waals surface area contributed by atoms with Gasteiger partial charge >= 0.3 is 0 Å². The molecule has 0 aliphatic heterocycles. The van der Waals surface area contributed by atoms with Gasteiger partial charge in [-0.2, -0.15) is 0 Å². The van der Waals surface area contributed by atoms with Gasteiger partial charge < -0.3 is 21.3 Å². The van der Waals surface area contributed by atoms with Crippen molar-refractivity contribution in [1.29, 1.82) is 0 Å². The molecule has 0 atom stereocenters. The Labute approximate surface area is 471 Å². The number of hydrogen-bond donors (Lipinski definition) is 4. The van der Waals surface area contributed by atoms with Crippen molar-refractivity contribution < 1.29 is 0 Å². The maximum absolute atomic E-state index is 3.88. The number of benzene rings is 16. The van der Waals surface area contributed by atoms with E-state index in [9.17, 15) is 0 Å². The zero-order chi connectivity index (χ0) is 54.0. The van der Waals surface area contributed by atoms with Crippen molar-refractivity contribution in [2.75, 3.05) is 49.5 Å². The summed E-state index contributed by atoms with van der Waals surface area (Å²) >= 11 is 0. The molecule has 0 amide bonds. The van der Waals surface area contributed by atoms with E-state index in [2.05, 4.69) is 242 Å². The lowest BCUT2D eigenvalue weighted by Gasteiger charge is -2.20. The van der Waals surface area contributed by atoms with Crippen molar-refractivity contribution in [3.63, 3.8) is 0 Å². The first-order chi connectivity index (χ1) is 40.6. The molecule has 4 N–H and O–H groups in total. The van der Waals surface area contributed by atoms with Gasteiger partial charge in [-0.1, -0.05) is 182 Å². The molecular weight excluding hydrogens is 993 g/mol. The molecule has 19 rings (SSSR count). The van der Waals surface area contributed by atoms with Crippen LogP contribution in [0.5, 0.6) is 0 Å². The molecule has 1 aliphatic carbocycles. The first-order valence-electron chi connectivity index (χ1n) is 28.7. The number of anilines is 4. The molecule has 0 heterocycles. The normalized spacial score (nSPS) is 12.6. The molecule has 0 spiro atoms. The van der Waals surface area contributed by atoms with Crippen LogP contribution >= 0.6 is 0 Å². The van der Waals surface area contributed by atoms with Gasteiger partial charge in [-0.05, 0) is 198 Å². The SMILES string of the molecule is CNc1ccc(-c2c3c(c(-c4ccc(NC)cc4)c4ccccc24)-c2ccc4c5ccc6c7c(NC)c8c9ccc%10c%11ccc(-c%12ccccc%12)c%12cccc(c%13ccc(c8c(NC)c7c7ccc(c8ccc-3c2c84)c5c76)c9c%13%10)c%12%11)cc1. The van der Waals surface area contributed by atoms with Gasteiger partial charge in [-0.15, -0.1) is 0 Å². The second kappa shape index (κ2) is 15.7. The Morgan fingerprint density at radius 1 is 0.183 bits per heavy atom. The Bertz CT molecular complexity index is 5530. The molecule has 4 heteroatoms. The van der Waals surface area contributed by atoms with E-state index >= 15 is 0 Å². The summed E-state index contributed by atoms with van der Waals surface area (Å²) in [6.07, 6.45) is 0. The minimum absolute atomic E-state index is 1.10. The monoisotopic (exact) mass is 1040 g/mol. The van der Waals surface area contributed by atoms with Crippen LogP contribution < -0.4 is 21.3 Å². The number of rotatable bonds is 7. The van der Waals surface area contributed by atoms with Crippen molar-refractivity contribution in [2.45, 2.75) is 0 Å². The fourth-order valence-electron chi connectivity index (χ4n) is 16.3. The van der Waals surface area contributed by atoms with Crippen LogP contribution in [0.2, 0.25) is 0 Å². The van der Waals surface area contributed by atoms with E-state index in [-0.39, 0.29) is 0 Å². The first-order valence-corrected chi connectivity index (χ1v) is 28.7. The molecule has 0 saturated carbocycles. The molecule has 382 valence electrons. The van der Waals surface area contributed by atoms with Crippen LogP contribution in [-0.2, 0) is 0 Å². The highest BCUT2D eigenvalue weighted by molar-refractivity contribution is 6.52. The third-order valence-corrected chi connectivity index (χ3v) is 19.5. The average Bonchev–Trinajstić information content (AvgIpc) is 3.20. The highest BCUT2D eigenvalue weighted by Gasteiger charge is 2.34. The summed E-state index contributed by atoms with van der Waals surface area (Å²) in [5, 5.41) is 48.4. The summed E-state index contributed by atoms with van der Waals surface area (Å²) in [5.41, 5.74) is 17.3.